The lowest BCUT2D eigenvalue weighted by Crippen LogP contribution is -2.47. The summed E-state index contributed by atoms with van der Waals surface area (Å²) in [6.07, 6.45) is 0. The van der Waals surface area contributed by atoms with Crippen LogP contribution in [0.5, 0.6) is 0 Å². The zero-order chi connectivity index (χ0) is 13.2. The predicted molar refractivity (Wildman–Crippen MR) is 77.7 cm³/mol. The summed E-state index contributed by atoms with van der Waals surface area (Å²) in [5, 5.41) is 11.1. The van der Waals surface area contributed by atoms with Gasteiger partial charge in [-0.1, -0.05) is 23.2 Å². The molecule has 0 radical (unpaired) electrons. The summed E-state index contributed by atoms with van der Waals surface area (Å²) in [5.41, 5.74) is 0.978. The fraction of sp³-hybridized carbons (Fsp3) is 0.538. The monoisotopic (exact) mass is 306 g/mol. The van der Waals surface area contributed by atoms with E-state index in [0.29, 0.717) is 18.2 Å². The third-order valence-electron chi connectivity index (χ3n) is 3.19. The minimum Gasteiger partial charge on any atom is -0.396 e. The molecule has 1 fully saturated rings. The van der Waals surface area contributed by atoms with Crippen molar-refractivity contribution in [3.05, 3.63) is 33.8 Å². The Morgan fingerprint density at radius 3 is 2.72 bits per heavy atom. The molecule has 1 saturated heterocycles. The maximum atomic E-state index is 9.38. The van der Waals surface area contributed by atoms with Crippen molar-refractivity contribution in [3.63, 3.8) is 0 Å². The van der Waals surface area contributed by atoms with E-state index in [9.17, 15) is 5.11 Å². The number of aliphatic hydroxyl groups excluding tert-OH is 1. The van der Waals surface area contributed by atoms with E-state index in [1.165, 1.54) is 0 Å². The summed E-state index contributed by atoms with van der Waals surface area (Å²) in [4.78, 5) is 0. The van der Waals surface area contributed by atoms with Crippen LogP contribution in [-0.2, 0) is 4.74 Å². The SMILES string of the molecule is CC(SCC1(CO)COC1)c1cc(Cl)ccc1Cl. The number of benzene rings is 1. The van der Waals surface area contributed by atoms with Crippen molar-refractivity contribution >= 4 is 35.0 Å². The highest BCUT2D eigenvalue weighted by Gasteiger charge is 2.38. The summed E-state index contributed by atoms with van der Waals surface area (Å²) in [7, 11) is 0. The maximum absolute atomic E-state index is 9.38. The molecular formula is C13H16Cl2O2S. The van der Waals surface area contributed by atoms with Gasteiger partial charge >= 0.3 is 0 Å². The molecule has 0 aliphatic carbocycles. The molecule has 0 spiro atoms. The Hall–Kier alpha value is 0.0700. The van der Waals surface area contributed by atoms with Gasteiger partial charge in [0.25, 0.3) is 0 Å². The van der Waals surface area contributed by atoms with Crippen LogP contribution in [0.25, 0.3) is 0 Å². The van der Waals surface area contributed by atoms with Crippen LogP contribution in [0.1, 0.15) is 17.7 Å². The largest absolute Gasteiger partial charge is 0.396 e. The van der Waals surface area contributed by atoms with Crippen LogP contribution in [0.4, 0.5) is 0 Å². The molecule has 0 bridgehead atoms. The normalized spacial score (nSPS) is 19.3. The third kappa shape index (κ3) is 3.14. The molecule has 1 aliphatic heterocycles. The Labute approximate surface area is 122 Å². The van der Waals surface area contributed by atoms with E-state index in [1.54, 1.807) is 17.8 Å². The summed E-state index contributed by atoms with van der Waals surface area (Å²) < 4.78 is 5.19. The first-order chi connectivity index (χ1) is 8.56. The van der Waals surface area contributed by atoms with Crippen LogP contribution in [0.15, 0.2) is 18.2 Å². The zero-order valence-electron chi connectivity index (χ0n) is 10.2. The Morgan fingerprint density at radius 1 is 1.44 bits per heavy atom. The number of ether oxygens (including phenoxy) is 1. The van der Waals surface area contributed by atoms with Crippen LogP contribution in [-0.4, -0.2) is 30.7 Å². The van der Waals surface area contributed by atoms with E-state index in [4.69, 9.17) is 27.9 Å². The number of halogens is 2. The van der Waals surface area contributed by atoms with Crippen molar-refractivity contribution in [1.29, 1.82) is 0 Å². The second-order valence-electron chi connectivity index (χ2n) is 4.77. The molecular weight excluding hydrogens is 291 g/mol. The summed E-state index contributed by atoms with van der Waals surface area (Å²) >= 11 is 13.9. The fourth-order valence-corrected chi connectivity index (χ4v) is 3.59. The van der Waals surface area contributed by atoms with E-state index in [-0.39, 0.29) is 17.3 Å². The average Bonchev–Trinajstić information content (AvgIpc) is 2.31. The van der Waals surface area contributed by atoms with Crippen LogP contribution in [0.3, 0.4) is 0 Å². The highest BCUT2D eigenvalue weighted by Crippen LogP contribution is 2.40. The van der Waals surface area contributed by atoms with Gasteiger partial charge in [0.05, 0.1) is 19.8 Å². The molecule has 1 N–H and O–H groups in total. The van der Waals surface area contributed by atoms with Gasteiger partial charge in [0.15, 0.2) is 0 Å². The summed E-state index contributed by atoms with van der Waals surface area (Å²) in [6, 6.07) is 5.52. The molecule has 1 aliphatic rings. The van der Waals surface area contributed by atoms with Crippen LogP contribution in [0, 0.1) is 5.41 Å². The molecule has 0 saturated carbocycles. The van der Waals surface area contributed by atoms with E-state index in [2.05, 4.69) is 6.92 Å². The molecule has 0 aromatic heterocycles. The first-order valence-corrected chi connectivity index (χ1v) is 7.62. The second kappa shape index (κ2) is 6.02. The van der Waals surface area contributed by atoms with Gasteiger partial charge in [-0.25, -0.2) is 0 Å². The first kappa shape index (κ1) is 14.5. The molecule has 1 unspecified atom stereocenters. The fourth-order valence-electron chi connectivity index (χ4n) is 1.83. The van der Waals surface area contributed by atoms with Crippen molar-refractivity contribution in [2.24, 2.45) is 5.41 Å². The Kier molecular flexibility index (Phi) is 4.84. The van der Waals surface area contributed by atoms with Crippen molar-refractivity contribution in [2.75, 3.05) is 25.6 Å². The quantitative estimate of drug-likeness (QED) is 0.897. The van der Waals surface area contributed by atoms with Gasteiger partial charge in [0.1, 0.15) is 0 Å². The molecule has 1 aromatic rings. The van der Waals surface area contributed by atoms with Gasteiger partial charge < -0.3 is 9.84 Å². The molecule has 1 heterocycles. The van der Waals surface area contributed by atoms with E-state index in [1.807, 2.05) is 12.1 Å². The zero-order valence-corrected chi connectivity index (χ0v) is 12.5. The highest BCUT2D eigenvalue weighted by molar-refractivity contribution is 7.99. The van der Waals surface area contributed by atoms with Gasteiger partial charge in [-0.15, -0.1) is 0 Å². The molecule has 18 heavy (non-hydrogen) atoms. The van der Waals surface area contributed by atoms with Crippen molar-refractivity contribution in [1.82, 2.24) is 0 Å². The minimum absolute atomic E-state index is 0.0655. The average molecular weight is 307 g/mol. The van der Waals surface area contributed by atoms with Gasteiger partial charge in [0, 0.05) is 26.5 Å². The smallest absolute Gasteiger partial charge is 0.0575 e. The molecule has 100 valence electrons. The van der Waals surface area contributed by atoms with Gasteiger partial charge in [-0.3, -0.25) is 0 Å². The number of thioether (sulfide) groups is 1. The van der Waals surface area contributed by atoms with Crippen LogP contribution in [0.2, 0.25) is 10.0 Å². The van der Waals surface area contributed by atoms with Gasteiger partial charge in [-0.2, -0.15) is 11.8 Å². The molecule has 2 rings (SSSR count). The van der Waals surface area contributed by atoms with E-state index in [0.717, 1.165) is 16.3 Å². The summed E-state index contributed by atoms with van der Waals surface area (Å²) in [5.74, 6) is 0.869. The lowest BCUT2D eigenvalue weighted by molar-refractivity contribution is -0.121. The van der Waals surface area contributed by atoms with Crippen molar-refractivity contribution in [2.45, 2.75) is 12.2 Å². The minimum atomic E-state index is -0.0655. The predicted octanol–water partition coefficient (Wildman–Crippen LogP) is 3.80. The van der Waals surface area contributed by atoms with Crippen molar-refractivity contribution < 1.29 is 9.84 Å². The standard InChI is InChI=1S/C13H16Cl2O2S/c1-9(11-4-10(14)2-3-12(11)15)18-8-13(5-16)6-17-7-13/h2-4,9,16H,5-8H2,1H3. The highest BCUT2D eigenvalue weighted by atomic mass is 35.5. The number of aliphatic hydroxyl groups is 1. The number of hydrogen-bond acceptors (Lipinski definition) is 3. The molecule has 1 aromatic carbocycles. The van der Waals surface area contributed by atoms with E-state index < -0.39 is 0 Å². The maximum Gasteiger partial charge on any atom is 0.0575 e. The third-order valence-corrected chi connectivity index (χ3v) is 5.30. The van der Waals surface area contributed by atoms with Crippen molar-refractivity contribution in [3.8, 4) is 0 Å². The number of rotatable bonds is 5. The topological polar surface area (TPSA) is 29.5 Å². The van der Waals surface area contributed by atoms with E-state index >= 15 is 0 Å². The molecule has 1 atom stereocenters. The van der Waals surface area contributed by atoms with Crippen LogP contribution < -0.4 is 0 Å². The molecule has 5 heteroatoms. The Balaban J connectivity index is 1.99. The van der Waals surface area contributed by atoms with Crippen LogP contribution >= 0.6 is 35.0 Å². The first-order valence-electron chi connectivity index (χ1n) is 5.81. The Morgan fingerprint density at radius 2 is 2.17 bits per heavy atom. The van der Waals surface area contributed by atoms with Gasteiger partial charge in [0.2, 0.25) is 0 Å². The lowest BCUT2D eigenvalue weighted by atomic mass is 9.90. The Bertz CT molecular complexity index is 416. The van der Waals surface area contributed by atoms with Gasteiger partial charge in [-0.05, 0) is 30.7 Å². The number of hydrogen-bond donors (Lipinski definition) is 1. The molecule has 2 nitrogen and oxygen atoms in total. The summed E-state index contributed by atoms with van der Waals surface area (Å²) in [6.45, 7) is 3.57. The second-order valence-corrected chi connectivity index (χ2v) is 6.94. The lowest BCUT2D eigenvalue weighted by Gasteiger charge is -2.40. The molecule has 0 amide bonds.